The van der Waals surface area contributed by atoms with Gasteiger partial charge < -0.3 is 15.5 Å². The molecule has 1 aliphatic heterocycles. The van der Waals surface area contributed by atoms with Crippen molar-refractivity contribution in [3.63, 3.8) is 0 Å². The number of anilines is 1. The third-order valence-electron chi connectivity index (χ3n) is 3.60. The van der Waals surface area contributed by atoms with E-state index in [2.05, 4.69) is 15.5 Å². The van der Waals surface area contributed by atoms with Crippen LogP contribution in [0.1, 0.15) is 0 Å². The van der Waals surface area contributed by atoms with Crippen LogP contribution in [0.4, 0.5) is 10.5 Å². The Kier molecular flexibility index (Phi) is 6.23. The molecule has 1 aromatic rings. The molecule has 0 saturated carbocycles. The summed E-state index contributed by atoms with van der Waals surface area (Å²) in [6.45, 7) is 2.51. The van der Waals surface area contributed by atoms with Crippen LogP contribution in [0.3, 0.4) is 0 Å². The maximum absolute atomic E-state index is 12.2. The number of benzene rings is 1. The highest BCUT2D eigenvalue weighted by molar-refractivity contribution is 7.89. The van der Waals surface area contributed by atoms with Crippen molar-refractivity contribution in [2.45, 2.75) is 0 Å². The first-order valence-corrected chi connectivity index (χ1v) is 9.32. The smallest absolute Gasteiger partial charge is 0.319 e. The summed E-state index contributed by atoms with van der Waals surface area (Å²) < 4.78 is 25.9. The van der Waals surface area contributed by atoms with Crippen LogP contribution in [-0.2, 0) is 10.0 Å². The van der Waals surface area contributed by atoms with Crippen LogP contribution in [0.25, 0.3) is 0 Å². The highest BCUT2D eigenvalue weighted by Gasteiger charge is 2.25. The Balaban J connectivity index is 1.75. The SMILES string of the molecule is CN1CCN(S(=O)(=O)CCNC(=O)Nc2ccc(Cl)cc2)CC1. The highest BCUT2D eigenvalue weighted by Crippen LogP contribution is 2.13. The Hall–Kier alpha value is -1.35. The Bertz CT molecular complexity index is 628. The van der Waals surface area contributed by atoms with E-state index >= 15 is 0 Å². The summed E-state index contributed by atoms with van der Waals surface area (Å²) in [6, 6.07) is 6.22. The minimum Gasteiger partial charge on any atom is -0.337 e. The topological polar surface area (TPSA) is 81.8 Å². The van der Waals surface area contributed by atoms with Crippen molar-refractivity contribution < 1.29 is 13.2 Å². The predicted molar refractivity (Wildman–Crippen MR) is 91.3 cm³/mol. The monoisotopic (exact) mass is 360 g/mol. The number of nitrogens with zero attached hydrogens (tertiary/aromatic N) is 2. The summed E-state index contributed by atoms with van der Waals surface area (Å²) in [4.78, 5) is 13.8. The van der Waals surface area contributed by atoms with Gasteiger partial charge in [0.05, 0.1) is 5.75 Å². The Morgan fingerprint density at radius 1 is 1.17 bits per heavy atom. The van der Waals surface area contributed by atoms with Gasteiger partial charge in [0.1, 0.15) is 0 Å². The van der Waals surface area contributed by atoms with Gasteiger partial charge >= 0.3 is 6.03 Å². The zero-order valence-corrected chi connectivity index (χ0v) is 14.5. The molecule has 128 valence electrons. The molecule has 23 heavy (non-hydrogen) atoms. The van der Waals surface area contributed by atoms with Gasteiger partial charge in [-0.05, 0) is 31.3 Å². The quantitative estimate of drug-likeness (QED) is 0.822. The molecular formula is C14H21ClN4O3S. The van der Waals surface area contributed by atoms with Gasteiger partial charge in [0.25, 0.3) is 0 Å². The zero-order chi connectivity index (χ0) is 16.9. The first kappa shape index (κ1) is 18.0. The number of carbonyl (C=O) groups is 1. The number of rotatable bonds is 5. The van der Waals surface area contributed by atoms with Crippen LogP contribution >= 0.6 is 11.6 Å². The number of urea groups is 1. The van der Waals surface area contributed by atoms with Gasteiger partial charge in [-0.15, -0.1) is 0 Å². The van der Waals surface area contributed by atoms with Gasteiger partial charge in [-0.2, -0.15) is 4.31 Å². The molecule has 0 unspecified atom stereocenters. The van der Waals surface area contributed by atoms with Crippen molar-refractivity contribution in [1.29, 1.82) is 0 Å². The number of carbonyl (C=O) groups excluding carboxylic acids is 1. The second kappa shape index (κ2) is 7.96. The molecule has 0 radical (unpaired) electrons. The second-order valence-electron chi connectivity index (χ2n) is 5.41. The molecule has 1 saturated heterocycles. The van der Waals surface area contributed by atoms with Gasteiger partial charge in [-0.25, -0.2) is 13.2 Å². The molecule has 9 heteroatoms. The number of nitrogens with one attached hydrogen (secondary N) is 2. The number of hydrogen-bond acceptors (Lipinski definition) is 4. The average molecular weight is 361 g/mol. The van der Waals surface area contributed by atoms with E-state index in [4.69, 9.17) is 11.6 Å². The number of halogens is 1. The fourth-order valence-electron chi connectivity index (χ4n) is 2.20. The third-order valence-corrected chi connectivity index (χ3v) is 5.73. The van der Waals surface area contributed by atoms with Crippen LogP contribution in [0.2, 0.25) is 5.02 Å². The van der Waals surface area contributed by atoms with Crippen molar-refractivity contribution in [3.05, 3.63) is 29.3 Å². The lowest BCUT2D eigenvalue weighted by Crippen LogP contribution is -2.48. The Morgan fingerprint density at radius 3 is 2.39 bits per heavy atom. The van der Waals surface area contributed by atoms with Crippen molar-refractivity contribution >= 4 is 33.3 Å². The third kappa shape index (κ3) is 5.65. The molecule has 1 aliphatic rings. The molecule has 0 atom stereocenters. The Labute approximate surface area is 141 Å². The van der Waals surface area contributed by atoms with E-state index in [0.29, 0.717) is 23.8 Å². The molecule has 1 aromatic carbocycles. The van der Waals surface area contributed by atoms with Crippen LogP contribution in [-0.4, -0.2) is 69.2 Å². The lowest BCUT2D eigenvalue weighted by Gasteiger charge is -2.31. The standard InChI is InChI=1S/C14H21ClN4O3S/c1-18-7-9-19(10-8-18)23(21,22)11-6-16-14(20)17-13-4-2-12(15)3-5-13/h2-5H,6-11H2,1H3,(H2,16,17,20). The lowest BCUT2D eigenvalue weighted by atomic mass is 10.3. The van der Waals surface area contributed by atoms with Gasteiger partial charge in [0.15, 0.2) is 0 Å². The number of amides is 2. The fourth-order valence-corrected chi connectivity index (χ4v) is 3.66. The molecule has 0 aliphatic carbocycles. The average Bonchev–Trinajstić information content (AvgIpc) is 2.50. The number of sulfonamides is 1. The maximum Gasteiger partial charge on any atom is 0.319 e. The number of hydrogen-bond donors (Lipinski definition) is 2. The van der Waals surface area contributed by atoms with E-state index < -0.39 is 16.1 Å². The molecule has 7 nitrogen and oxygen atoms in total. The van der Waals surface area contributed by atoms with Crippen LogP contribution in [0.15, 0.2) is 24.3 Å². The van der Waals surface area contributed by atoms with E-state index in [-0.39, 0.29) is 12.3 Å². The summed E-state index contributed by atoms with van der Waals surface area (Å²) in [5.74, 6) is -0.106. The Morgan fingerprint density at radius 2 is 1.78 bits per heavy atom. The summed E-state index contributed by atoms with van der Waals surface area (Å²) in [7, 11) is -1.37. The molecule has 0 bridgehead atoms. The highest BCUT2D eigenvalue weighted by atomic mass is 35.5. The molecule has 1 fully saturated rings. The van der Waals surface area contributed by atoms with E-state index in [1.165, 1.54) is 4.31 Å². The minimum atomic E-state index is -3.33. The number of piperazine rings is 1. The van der Waals surface area contributed by atoms with Crippen molar-refractivity contribution in [2.75, 3.05) is 50.8 Å². The normalized spacial score (nSPS) is 17.0. The summed E-state index contributed by atoms with van der Waals surface area (Å²) in [5.41, 5.74) is 0.592. The molecule has 0 aromatic heterocycles. The van der Waals surface area contributed by atoms with Crippen molar-refractivity contribution in [2.24, 2.45) is 0 Å². The van der Waals surface area contributed by atoms with E-state index in [9.17, 15) is 13.2 Å². The molecule has 2 rings (SSSR count). The van der Waals surface area contributed by atoms with Crippen LogP contribution in [0.5, 0.6) is 0 Å². The van der Waals surface area contributed by atoms with Gasteiger partial charge in [0.2, 0.25) is 10.0 Å². The van der Waals surface area contributed by atoms with E-state index in [1.54, 1.807) is 24.3 Å². The van der Waals surface area contributed by atoms with Crippen molar-refractivity contribution in [1.82, 2.24) is 14.5 Å². The molecule has 1 heterocycles. The van der Waals surface area contributed by atoms with Gasteiger partial charge in [-0.1, -0.05) is 11.6 Å². The van der Waals surface area contributed by atoms with Gasteiger partial charge in [-0.3, -0.25) is 0 Å². The van der Waals surface area contributed by atoms with Crippen LogP contribution < -0.4 is 10.6 Å². The summed E-state index contributed by atoms with van der Waals surface area (Å²) >= 11 is 5.76. The summed E-state index contributed by atoms with van der Waals surface area (Å²) in [5, 5.41) is 5.75. The van der Waals surface area contributed by atoms with Crippen molar-refractivity contribution in [3.8, 4) is 0 Å². The van der Waals surface area contributed by atoms with Gasteiger partial charge in [0, 0.05) is 43.4 Å². The second-order valence-corrected chi connectivity index (χ2v) is 7.93. The molecular weight excluding hydrogens is 340 g/mol. The predicted octanol–water partition coefficient (Wildman–Crippen LogP) is 1.04. The minimum absolute atomic E-state index is 0.0636. The fraction of sp³-hybridized carbons (Fsp3) is 0.500. The van der Waals surface area contributed by atoms with E-state index in [1.807, 2.05) is 7.05 Å². The largest absolute Gasteiger partial charge is 0.337 e. The lowest BCUT2D eigenvalue weighted by molar-refractivity contribution is 0.222. The molecule has 2 N–H and O–H groups in total. The molecule has 0 spiro atoms. The van der Waals surface area contributed by atoms with E-state index in [0.717, 1.165) is 13.1 Å². The first-order valence-electron chi connectivity index (χ1n) is 7.33. The molecule has 2 amide bonds. The maximum atomic E-state index is 12.2. The first-order chi connectivity index (χ1) is 10.9. The zero-order valence-electron chi connectivity index (χ0n) is 13.0. The number of likely N-dealkylation sites (N-methyl/N-ethyl adjacent to an activating group) is 1. The van der Waals surface area contributed by atoms with Crippen LogP contribution in [0, 0.1) is 0 Å². The summed E-state index contributed by atoms with van der Waals surface area (Å²) in [6.07, 6.45) is 0.